The zero-order valence-electron chi connectivity index (χ0n) is 13.8. The number of carboxylic acids is 1. The van der Waals surface area contributed by atoms with Gasteiger partial charge in [0.25, 0.3) is 0 Å². The molecule has 9 heteroatoms. The molecule has 2 fully saturated rings. The van der Waals surface area contributed by atoms with Crippen LogP contribution in [0.3, 0.4) is 0 Å². The Bertz CT molecular complexity index is 679. The molecule has 0 radical (unpaired) electrons. The molecule has 2 heterocycles. The minimum absolute atomic E-state index is 0.0692. The van der Waals surface area contributed by atoms with Gasteiger partial charge >= 0.3 is 5.97 Å². The van der Waals surface area contributed by atoms with E-state index in [9.17, 15) is 14.4 Å². The standard InChI is InChI=1S/C15H21N5O4/c1-15(2)9-18(13(22)10-3-4-10)5-6-20(15)12(21)8-19-7-11(14(23)24)16-17-19/h7,10H,3-6,8-9H2,1-2H3,(H,23,24). The van der Waals surface area contributed by atoms with Crippen molar-refractivity contribution in [2.45, 2.75) is 38.8 Å². The van der Waals surface area contributed by atoms with Crippen molar-refractivity contribution in [2.75, 3.05) is 19.6 Å². The summed E-state index contributed by atoms with van der Waals surface area (Å²) in [5.41, 5.74) is -0.669. The van der Waals surface area contributed by atoms with Crippen LogP contribution in [-0.2, 0) is 16.1 Å². The van der Waals surface area contributed by atoms with Crippen LogP contribution in [0.15, 0.2) is 6.20 Å². The molecule has 130 valence electrons. The Balaban J connectivity index is 1.64. The van der Waals surface area contributed by atoms with Crippen LogP contribution in [0.25, 0.3) is 0 Å². The highest BCUT2D eigenvalue weighted by atomic mass is 16.4. The SMILES string of the molecule is CC1(C)CN(C(=O)C2CC2)CCN1C(=O)Cn1cc(C(=O)O)nn1. The number of amides is 2. The van der Waals surface area contributed by atoms with E-state index in [1.807, 2.05) is 18.7 Å². The Morgan fingerprint density at radius 3 is 2.54 bits per heavy atom. The average molecular weight is 335 g/mol. The van der Waals surface area contributed by atoms with Gasteiger partial charge in [0.2, 0.25) is 11.8 Å². The normalized spacial score (nSPS) is 20.1. The highest BCUT2D eigenvalue weighted by molar-refractivity contribution is 5.85. The fraction of sp³-hybridized carbons (Fsp3) is 0.667. The first-order valence-electron chi connectivity index (χ1n) is 8.00. The molecular weight excluding hydrogens is 314 g/mol. The second-order valence-electron chi connectivity index (χ2n) is 7.00. The molecule has 2 aliphatic rings. The van der Waals surface area contributed by atoms with E-state index in [1.54, 1.807) is 4.90 Å². The predicted molar refractivity (Wildman–Crippen MR) is 82.1 cm³/mol. The number of hydrogen-bond donors (Lipinski definition) is 1. The fourth-order valence-corrected chi connectivity index (χ4v) is 3.09. The Hall–Kier alpha value is -2.45. The summed E-state index contributed by atoms with van der Waals surface area (Å²) in [6.07, 6.45) is 3.17. The van der Waals surface area contributed by atoms with Crippen LogP contribution in [0, 0.1) is 5.92 Å². The number of aromatic carboxylic acids is 1. The highest BCUT2D eigenvalue weighted by Crippen LogP contribution is 2.33. The molecule has 1 saturated carbocycles. The van der Waals surface area contributed by atoms with Crippen LogP contribution in [0.1, 0.15) is 37.2 Å². The Labute approximate surface area is 139 Å². The number of carboxylic acid groups (broad SMARTS) is 1. The lowest BCUT2D eigenvalue weighted by Gasteiger charge is -2.47. The summed E-state index contributed by atoms with van der Waals surface area (Å²) >= 11 is 0. The quantitative estimate of drug-likeness (QED) is 0.819. The zero-order valence-corrected chi connectivity index (χ0v) is 13.8. The topological polar surface area (TPSA) is 109 Å². The van der Waals surface area contributed by atoms with E-state index in [1.165, 1.54) is 10.9 Å². The van der Waals surface area contributed by atoms with Gasteiger partial charge in [0.15, 0.2) is 5.69 Å². The summed E-state index contributed by atoms with van der Waals surface area (Å²) < 4.78 is 1.23. The van der Waals surface area contributed by atoms with Crippen molar-refractivity contribution in [3.63, 3.8) is 0 Å². The lowest BCUT2D eigenvalue weighted by Crippen LogP contribution is -2.62. The first-order valence-corrected chi connectivity index (χ1v) is 8.00. The molecule has 1 N–H and O–H groups in total. The van der Waals surface area contributed by atoms with Crippen molar-refractivity contribution in [2.24, 2.45) is 5.92 Å². The number of rotatable bonds is 4. The van der Waals surface area contributed by atoms with Gasteiger partial charge in [-0.25, -0.2) is 9.48 Å². The lowest BCUT2D eigenvalue weighted by molar-refractivity contribution is -0.148. The van der Waals surface area contributed by atoms with Gasteiger partial charge in [0.1, 0.15) is 6.54 Å². The lowest BCUT2D eigenvalue weighted by atomic mass is 9.98. The van der Waals surface area contributed by atoms with Crippen molar-refractivity contribution in [1.29, 1.82) is 0 Å². The molecule has 1 aliphatic carbocycles. The van der Waals surface area contributed by atoms with Gasteiger partial charge in [-0.3, -0.25) is 9.59 Å². The molecule has 3 rings (SSSR count). The van der Waals surface area contributed by atoms with Crippen LogP contribution >= 0.6 is 0 Å². The number of carbonyl (C=O) groups is 3. The Morgan fingerprint density at radius 1 is 1.29 bits per heavy atom. The first-order chi connectivity index (χ1) is 11.3. The third-order valence-electron chi connectivity index (χ3n) is 4.50. The summed E-state index contributed by atoms with van der Waals surface area (Å²) in [5, 5.41) is 16.0. The van der Waals surface area contributed by atoms with Crippen LogP contribution in [0.4, 0.5) is 0 Å². The van der Waals surface area contributed by atoms with Crippen LogP contribution in [-0.4, -0.2) is 72.9 Å². The predicted octanol–water partition coefficient (Wildman–Crippen LogP) is -0.164. The van der Waals surface area contributed by atoms with E-state index < -0.39 is 11.5 Å². The number of hydrogen-bond acceptors (Lipinski definition) is 5. The smallest absolute Gasteiger partial charge is 0.358 e. The molecule has 0 aromatic carbocycles. The molecule has 1 saturated heterocycles. The van der Waals surface area contributed by atoms with E-state index in [2.05, 4.69) is 10.3 Å². The summed E-state index contributed by atoms with van der Waals surface area (Å²) in [6.45, 7) is 5.29. The summed E-state index contributed by atoms with van der Waals surface area (Å²) in [7, 11) is 0. The van der Waals surface area contributed by atoms with Crippen LogP contribution < -0.4 is 0 Å². The van der Waals surface area contributed by atoms with Gasteiger partial charge in [-0.15, -0.1) is 5.10 Å². The molecule has 1 aromatic heterocycles. The number of nitrogens with zero attached hydrogens (tertiary/aromatic N) is 5. The van der Waals surface area contributed by atoms with E-state index in [4.69, 9.17) is 5.11 Å². The maximum absolute atomic E-state index is 12.6. The fourth-order valence-electron chi connectivity index (χ4n) is 3.09. The zero-order chi connectivity index (χ0) is 17.5. The molecule has 1 aliphatic heterocycles. The van der Waals surface area contributed by atoms with Gasteiger partial charge in [-0.2, -0.15) is 0 Å². The Morgan fingerprint density at radius 2 is 2.00 bits per heavy atom. The molecule has 1 aromatic rings. The minimum Gasteiger partial charge on any atom is -0.476 e. The van der Waals surface area contributed by atoms with Gasteiger partial charge in [0, 0.05) is 25.6 Å². The first kappa shape index (κ1) is 16.4. The summed E-state index contributed by atoms with van der Waals surface area (Å²) in [6, 6.07) is 0. The van der Waals surface area contributed by atoms with Crippen molar-refractivity contribution >= 4 is 17.8 Å². The van der Waals surface area contributed by atoms with Crippen LogP contribution in [0.2, 0.25) is 0 Å². The summed E-state index contributed by atoms with van der Waals surface area (Å²) in [4.78, 5) is 39.2. The number of piperazine rings is 1. The second kappa shape index (κ2) is 5.88. The summed E-state index contributed by atoms with van der Waals surface area (Å²) in [5.74, 6) is -0.980. The molecule has 9 nitrogen and oxygen atoms in total. The highest BCUT2D eigenvalue weighted by Gasteiger charge is 2.41. The average Bonchev–Trinajstić information content (AvgIpc) is 3.24. The maximum Gasteiger partial charge on any atom is 0.358 e. The van der Waals surface area contributed by atoms with Crippen molar-refractivity contribution in [3.8, 4) is 0 Å². The van der Waals surface area contributed by atoms with Crippen molar-refractivity contribution in [3.05, 3.63) is 11.9 Å². The minimum atomic E-state index is -1.18. The van der Waals surface area contributed by atoms with Crippen LogP contribution in [0.5, 0.6) is 0 Å². The third-order valence-corrected chi connectivity index (χ3v) is 4.50. The molecule has 0 atom stereocenters. The number of aromatic nitrogens is 3. The number of carbonyl (C=O) groups excluding carboxylic acids is 2. The van der Waals surface area contributed by atoms with E-state index in [0.717, 1.165) is 12.8 Å². The van der Waals surface area contributed by atoms with Gasteiger partial charge in [0.05, 0.1) is 11.7 Å². The molecule has 0 spiro atoms. The van der Waals surface area contributed by atoms with E-state index in [-0.39, 0.29) is 30.0 Å². The molecule has 24 heavy (non-hydrogen) atoms. The van der Waals surface area contributed by atoms with Gasteiger partial charge < -0.3 is 14.9 Å². The second-order valence-corrected chi connectivity index (χ2v) is 7.00. The molecule has 2 amide bonds. The molecule has 0 unspecified atom stereocenters. The maximum atomic E-state index is 12.6. The van der Waals surface area contributed by atoms with Crippen molar-refractivity contribution in [1.82, 2.24) is 24.8 Å². The monoisotopic (exact) mass is 335 g/mol. The third kappa shape index (κ3) is 3.24. The molecular formula is C15H21N5O4. The van der Waals surface area contributed by atoms with E-state index in [0.29, 0.717) is 19.6 Å². The largest absolute Gasteiger partial charge is 0.476 e. The van der Waals surface area contributed by atoms with Gasteiger partial charge in [-0.1, -0.05) is 5.21 Å². The van der Waals surface area contributed by atoms with Crippen molar-refractivity contribution < 1.29 is 19.5 Å². The Kier molecular flexibility index (Phi) is 4.02. The molecule has 0 bridgehead atoms. The van der Waals surface area contributed by atoms with Gasteiger partial charge in [-0.05, 0) is 26.7 Å². The van der Waals surface area contributed by atoms with E-state index >= 15 is 0 Å².